The third-order valence-electron chi connectivity index (χ3n) is 4.83. The lowest BCUT2D eigenvalue weighted by atomic mass is 10.1. The second-order valence-corrected chi connectivity index (χ2v) is 6.42. The highest BCUT2D eigenvalue weighted by Gasteiger charge is 2.38. The maximum atomic E-state index is 10.5. The van der Waals surface area contributed by atoms with E-state index in [9.17, 15) is 5.11 Å². The van der Waals surface area contributed by atoms with Crippen molar-refractivity contribution in [1.29, 1.82) is 0 Å². The van der Waals surface area contributed by atoms with Crippen LogP contribution in [0.15, 0.2) is 24.4 Å². The first kappa shape index (κ1) is 16.8. The number of pyridine rings is 1. The molecule has 1 aromatic rings. The molecule has 4 atom stereocenters. The van der Waals surface area contributed by atoms with Crippen LogP contribution in [0.2, 0.25) is 0 Å². The van der Waals surface area contributed by atoms with Crippen LogP contribution >= 0.6 is 0 Å². The second kappa shape index (κ2) is 8.17. The van der Waals surface area contributed by atoms with Gasteiger partial charge >= 0.3 is 0 Å². The summed E-state index contributed by atoms with van der Waals surface area (Å²) < 4.78 is 11.1. The summed E-state index contributed by atoms with van der Waals surface area (Å²) in [5.41, 5.74) is 0.975. The molecule has 128 valence electrons. The average molecular weight is 321 g/mol. The van der Waals surface area contributed by atoms with Gasteiger partial charge < -0.3 is 19.9 Å². The minimum atomic E-state index is -0.484. The molecule has 23 heavy (non-hydrogen) atoms. The Morgan fingerprint density at radius 1 is 1.48 bits per heavy atom. The van der Waals surface area contributed by atoms with Crippen molar-refractivity contribution in [3.63, 3.8) is 0 Å². The summed E-state index contributed by atoms with van der Waals surface area (Å²) in [7, 11) is 1.75. The quantitative estimate of drug-likeness (QED) is 0.758. The molecule has 6 heteroatoms. The van der Waals surface area contributed by atoms with Crippen LogP contribution in [0.4, 0.5) is 0 Å². The molecule has 0 unspecified atom stereocenters. The van der Waals surface area contributed by atoms with E-state index in [1.807, 2.05) is 18.2 Å². The molecule has 2 N–H and O–H groups in total. The first-order valence-corrected chi connectivity index (χ1v) is 8.44. The van der Waals surface area contributed by atoms with Crippen molar-refractivity contribution in [2.24, 2.45) is 0 Å². The van der Waals surface area contributed by atoms with E-state index in [2.05, 4.69) is 15.2 Å². The molecular formula is C17H27N3O3. The number of rotatable bonds is 7. The maximum Gasteiger partial charge on any atom is 0.0989 e. The van der Waals surface area contributed by atoms with Crippen molar-refractivity contribution in [3.8, 4) is 0 Å². The van der Waals surface area contributed by atoms with Crippen molar-refractivity contribution < 1.29 is 14.6 Å². The van der Waals surface area contributed by atoms with E-state index in [0.717, 1.165) is 31.8 Å². The third-order valence-corrected chi connectivity index (χ3v) is 4.83. The van der Waals surface area contributed by atoms with Crippen LogP contribution in [0, 0.1) is 0 Å². The van der Waals surface area contributed by atoms with E-state index in [0.29, 0.717) is 19.2 Å². The van der Waals surface area contributed by atoms with E-state index in [-0.39, 0.29) is 12.1 Å². The van der Waals surface area contributed by atoms with Crippen molar-refractivity contribution in [2.45, 2.75) is 43.7 Å². The number of aliphatic hydroxyl groups is 1. The molecule has 0 aromatic carbocycles. The predicted molar refractivity (Wildman–Crippen MR) is 87.1 cm³/mol. The molecule has 2 aliphatic heterocycles. The van der Waals surface area contributed by atoms with Crippen molar-refractivity contribution in [2.75, 3.05) is 33.4 Å². The van der Waals surface area contributed by atoms with Crippen LogP contribution in [-0.2, 0) is 16.0 Å². The Hall–Kier alpha value is -1.05. The van der Waals surface area contributed by atoms with Gasteiger partial charge in [-0.3, -0.25) is 9.88 Å². The van der Waals surface area contributed by atoms with E-state index in [1.165, 1.54) is 6.42 Å². The molecule has 0 bridgehead atoms. The fraction of sp³-hybridized carbons (Fsp3) is 0.706. The summed E-state index contributed by atoms with van der Waals surface area (Å²) in [6.07, 6.45) is 3.53. The highest BCUT2D eigenvalue weighted by molar-refractivity contribution is 5.04. The number of aliphatic hydroxyl groups excluding tert-OH is 1. The first-order chi connectivity index (χ1) is 11.3. The minimum Gasteiger partial charge on any atom is -0.389 e. The van der Waals surface area contributed by atoms with Crippen molar-refractivity contribution >= 4 is 0 Å². The molecule has 6 nitrogen and oxygen atoms in total. The standard InChI is InChI=1S/C17H27N3O3/c1-22-11-14-6-4-8-20(14)10-16-17(21)15(12-23-16)19-9-13-5-2-3-7-18-13/h2-3,5,7,14-17,19,21H,4,6,8-12H2,1H3/t14-,15+,16+,17-/m1/s1. The van der Waals surface area contributed by atoms with Gasteiger partial charge in [0.25, 0.3) is 0 Å². The number of nitrogens with one attached hydrogen (secondary N) is 1. The Morgan fingerprint density at radius 3 is 3.17 bits per heavy atom. The number of aromatic nitrogens is 1. The summed E-state index contributed by atoms with van der Waals surface area (Å²) >= 11 is 0. The zero-order valence-corrected chi connectivity index (χ0v) is 13.7. The van der Waals surface area contributed by atoms with Crippen molar-refractivity contribution in [3.05, 3.63) is 30.1 Å². The molecule has 3 heterocycles. The molecule has 2 saturated heterocycles. The third kappa shape index (κ3) is 4.28. The van der Waals surface area contributed by atoms with E-state index in [4.69, 9.17) is 9.47 Å². The Labute approximate surface area is 137 Å². The van der Waals surface area contributed by atoms with Crippen LogP contribution in [-0.4, -0.2) is 72.7 Å². The number of methoxy groups -OCH3 is 1. The Kier molecular flexibility index (Phi) is 5.96. The Morgan fingerprint density at radius 2 is 2.39 bits per heavy atom. The second-order valence-electron chi connectivity index (χ2n) is 6.42. The summed E-state index contributed by atoms with van der Waals surface area (Å²) in [6.45, 7) is 3.78. The van der Waals surface area contributed by atoms with Gasteiger partial charge in [-0.1, -0.05) is 6.07 Å². The smallest absolute Gasteiger partial charge is 0.0989 e. The van der Waals surface area contributed by atoms with Crippen LogP contribution in [0.3, 0.4) is 0 Å². The number of ether oxygens (including phenoxy) is 2. The molecule has 1 aromatic heterocycles. The molecule has 0 saturated carbocycles. The van der Waals surface area contributed by atoms with Gasteiger partial charge in [-0.25, -0.2) is 0 Å². The normalized spacial score (nSPS) is 31.7. The Balaban J connectivity index is 1.47. The van der Waals surface area contributed by atoms with Gasteiger partial charge in [0.05, 0.1) is 37.2 Å². The van der Waals surface area contributed by atoms with E-state index < -0.39 is 6.10 Å². The number of hydrogen-bond acceptors (Lipinski definition) is 6. The molecule has 0 aliphatic carbocycles. The van der Waals surface area contributed by atoms with Crippen molar-refractivity contribution in [1.82, 2.24) is 15.2 Å². The molecular weight excluding hydrogens is 294 g/mol. The van der Waals surface area contributed by atoms with Gasteiger partial charge in [-0.15, -0.1) is 0 Å². The fourth-order valence-electron chi connectivity index (χ4n) is 3.51. The van der Waals surface area contributed by atoms with Gasteiger partial charge in [0.15, 0.2) is 0 Å². The number of hydrogen-bond donors (Lipinski definition) is 2. The molecule has 2 aliphatic rings. The van der Waals surface area contributed by atoms with Gasteiger partial charge in [-0.05, 0) is 31.5 Å². The molecule has 0 radical (unpaired) electrons. The number of nitrogens with zero attached hydrogens (tertiary/aromatic N) is 2. The molecule has 0 amide bonds. The first-order valence-electron chi connectivity index (χ1n) is 8.44. The lowest BCUT2D eigenvalue weighted by Gasteiger charge is -2.28. The van der Waals surface area contributed by atoms with Crippen LogP contribution in [0.25, 0.3) is 0 Å². The zero-order valence-electron chi connectivity index (χ0n) is 13.7. The lowest BCUT2D eigenvalue weighted by Crippen LogP contribution is -2.46. The van der Waals surface area contributed by atoms with Crippen LogP contribution < -0.4 is 5.32 Å². The maximum absolute atomic E-state index is 10.5. The number of likely N-dealkylation sites (tertiary alicyclic amines) is 1. The SMILES string of the molecule is COC[C@H]1CCCN1C[C@@H]1OC[C@H](NCc2ccccn2)[C@H]1O. The minimum absolute atomic E-state index is 0.0366. The lowest BCUT2D eigenvalue weighted by molar-refractivity contribution is 0.00449. The molecule has 3 rings (SSSR count). The fourth-order valence-corrected chi connectivity index (χ4v) is 3.51. The zero-order chi connectivity index (χ0) is 16.1. The average Bonchev–Trinajstić information content (AvgIpc) is 3.15. The van der Waals surface area contributed by atoms with Crippen LogP contribution in [0.1, 0.15) is 18.5 Å². The van der Waals surface area contributed by atoms with Crippen LogP contribution in [0.5, 0.6) is 0 Å². The highest BCUT2D eigenvalue weighted by Crippen LogP contribution is 2.22. The predicted octanol–water partition coefficient (Wildman–Crippen LogP) is 0.410. The summed E-state index contributed by atoms with van der Waals surface area (Å²) in [6, 6.07) is 6.27. The Bertz CT molecular complexity index is 473. The largest absolute Gasteiger partial charge is 0.389 e. The van der Waals surface area contributed by atoms with Gasteiger partial charge in [0.2, 0.25) is 0 Å². The summed E-state index contributed by atoms with van der Waals surface area (Å²) in [5, 5.41) is 13.9. The van der Waals surface area contributed by atoms with Gasteiger partial charge in [-0.2, -0.15) is 0 Å². The van der Waals surface area contributed by atoms with Gasteiger partial charge in [0, 0.05) is 32.4 Å². The summed E-state index contributed by atoms with van der Waals surface area (Å²) in [5.74, 6) is 0. The molecule has 2 fully saturated rings. The van der Waals surface area contributed by atoms with Gasteiger partial charge in [0.1, 0.15) is 0 Å². The monoisotopic (exact) mass is 321 g/mol. The molecule has 0 spiro atoms. The topological polar surface area (TPSA) is 66.9 Å². The summed E-state index contributed by atoms with van der Waals surface area (Å²) in [4.78, 5) is 6.68. The van der Waals surface area contributed by atoms with E-state index in [1.54, 1.807) is 13.3 Å². The highest BCUT2D eigenvalue weighted by atomic mass is 16.5. The van der Waals surface area contributed by atoms with E-state index >= 15 is 0 Å².